The Labute approximate surface area is 91.3 Å². The predicted molar refractivity (Wildman–Crippen MR) is 60.6 cm³/mol. The molecular weight excluding hydrogens is 188 g/mol. The largest absolute Gasteiger partial charge is 0.377 e. The van der Waals surface area contributed by atoms with Gasteiger partial charge in [-0.15, -0.1) is 0 Å². The summed E-state index contributed by atoms with van der Waals surface area (Å²) in [5.41, 5.74) is 1.20. The van der Waals surface area contributed by atoms with Crippen molar-refractivity contribution in [1.29, 1.82) is 0 Å². The van der Waals surface area contributed by atoms with Gasteiger partial charge in [0.1, 0.15) is 6.29 Å². The van der Waals surface area contributed by atoms with Gasteiger partial charge in [-0.25, -0.2) is 0 Å². The SMILES string of the molecule is CC(C=O)CCCOCc1ccccc1. The summed E-state index contributed by atoms with van der Waals surface area (Å²) in [7, 11) is 0. The molecule has 0 heterocycles. The van der Waals surface area contributed by atoms with Crippen LogP contribution in [0, 0.1) is 5.92 Å². The quantitative estimate of drug-likeness (QED) is 0.506. The zero-order chi connectivity index (χ0) is 10.9. The fraction of sp³-hybridized carbons (Fsp3) is 0.462. The minimum absolute atomic E-state index is 0.158. The predicted octanol–water partition coefficient (Wildman–Crippen LogP) is 2.82. The standard InChI is InChI=1S/C13H18O2/c1-12(10-14)6-5-9-15-11-13-7-3-2-4-8-13/h2-4,7-8,10,12H,5-6,9,11H2,1H3. The molecule has 1 aromatic carbocycles. The van der Waals surface area contributed by atoms with Crippen LogP contribution in [0.5, 0.6) is 0 Å². The van der Waals surface area contributed by atoms with Gasteiger partial charge in [0.15, 0.2) is 0 Å². The molecule has 0 aliphatic rings. The lowest BCUT2D eigenvalue weighted by atomic mass is 10.1. The van der Waals surface area contributed by atoms with Crippen molar-refractivity contribution in [3.8, 4) is 0 Å². The van der Waals surface area contributed by atoms with Gasteiger partial charge in [0.05, 0.1) is 6.61 Å². The molecule has 0 bridgehead atoms. The van der Waals surface area contributed by atoms with Crippen LogP contribution in [0.1, 0.15) is 25.3 Å². The van der Waals surface area contributed by atoms with Gasteiger partial charge in [-0.3, -0.25) is 0 Å². The molecular formula is C13H18O2. The number of hydrogen-bond acceptors (Lipinski definition) is 2. The fourth-order valence-corrected chi connectivity index (χ4v) is 1.34. The van der Waals surface area contributed by atoms with E-state index in [4.69, 9.17) is 4.74 Å². The zero-order valence-corrected chi connectivity index (χ0v) is 9.19. The number of rotatable bonds is 7. The lowest BCUT2D eigenvalue weighted by molar-refractivity contribution is -0.110. The van der Waals surface area contributed by atoms with Crippen LogP contribution in [0.4, 0.5) is 0 Å². The van der Waals surface area contributed by atoms with Crippen LogP contribution in [-0.4, -0.2) is 12.9 Å². The number of carbonyl (C=O) groups is 1. The zero-order valence-electron chi connectivity index (χ0n) is 9.19. The average molecular weight is 206 g/mol. The molecule has 15 heavy (non-hydrogen) atoms. The van der Waals surface area contributed by atoms with Gasteiger partial charge in [0, 0.05) is 12.5 Å². The smallest absolute Gasteiger partial charge is 0.122 e. The van der Waals surface area contributed by atoms with E-state index < -0.39 is 0 Å². The summed E-state index contributed by atoms with van der Waals surface area (Å²) >= 11 is 0. The number of ether oxygens (including phenoxy) is 1. The Hall–Kier alpha value is -1.15. The van der Waals surface area contributed by atoms with Gasteiger partial charge < -0.3 is 9.53 Å². The third-order valence-electron chi connectivity index (χ3n) is 2.29. The van der Waals surface area contributed by atoms with Crippen molar-refractivity contribution in [2.45, 2.75) is 26.4 Å². The van der Waals surface area contributed by atoms with E-state index in [1.165, 1.54) is 5.56 Å². The van der Waals surface area contributed by atoms with Crippen molar-refractivity contribution in [3.63, 3.8) is 0 Å². The Morgan fingerprint density at radius 2 is 2.07 bits per heavy atom. The third-order valence-corrected chi connectivity index (χ3v) is 2.29. The average Bonchev–Trinajstić information content (AvgIpc) is 2.29. The van der Waals surface area contributed by atoms with Crippen molar-refractivity contribution in [2.75, 3.05) is 6.61 Å². The molecule has 0 aromatic heterocycles. The third kappa shape index (κ3) is 5.33. The summed E-state index contributed by atoms with van der Waals surface area (Å²) < 4.78 is 5.50. The highest BCUT2D eigenvalue weighted by atomic mass is 16.5. The van der Waals surface area contributed by atoms with E-state index in [-0.39, 0.29) is 5.92 Å². The van der Waals surface area contributed by atoms with Crippen LogP contribution in [0.2, 0.25) is 0 Å². The second-order valence-corrected chi connectivity index (χ2v) is 3.79. The van der Waals surface area contributed by atoms with Crippen LogP contribution in [0.3, 0.4) is 0 Å². The Bertz CT molecular complexity index is 269. The van der Waals surface area contributed by atoms with Crippen LogP contribution in [0.15, 0.2) is 30.3 Å². The molecule has 2 nitrogen and oxygen atoms in total. The van der Waals surface area contributed by atoms with E-state index >= 15 is 0 Å². The highest BCUT2D eigenvalue weighted by Gasteiger charge is 1.98. The minimum atomic E-state index is 0.158. The highest BCUT2D eigenvalue weighted by Crippen LogP contribution is 2.04. The molecule has 0 spiro atoms. The molecule has 1 atom stereocenters. The van der Waals surface area contributed by atoms with Crippen LogP contribution >= 0.6 is 0 Å². The van der Waals surface area contributed by atoms with Crippen molar-refractivity contribution in [3.05, 3.63) is 35.9 Å². The molecule has 2 heteroatoms. The minimum Gasteiger partial charge on any atom is -0.377 e. The van der Waals surface area contributed by atoms with E-state index in [0.29, 0.717) is 6.61 Å². The second-order valence-electron chi connectivity index (χ2n) is 3.79. The maximum Gasteiger partial charge on any atom is 0.122 e. The number of carbonyl (C=O) groups excluding carboxylic acids is 1. The molecule has 0 amide bonds. The van der Waals surface area contributed by atoms with E-state index in [1.807, 2.05) is 37.3 Å². The van der Waals surface area contributed by atoms with Crippen molar-refractivity contribution in [1.82, 2.24) is 0 Å². The molecule has 0 aliphatic carbocycles. The molecule has 1 unspecified atom stereocenters. The fourth-order valence-electron chi connectivity index (χ4n) is 1.34. The summed E-state index contributed by atoms with van der Waals surface area (Å²) in [6, 6.07) is 10.1. The van der Waals surface area contributed by atoms with E-state index in [1.54, 1.807) is 0 Å². The summed E-state index contributed by atoms with van der Waals surface area (Å²) in [6.45, 7) is 3.33. The first-order valence-electron chi connectivity index (χ1n) is 5.40. The second kappa shape index (κ2) is 7.18. The van der Waals surface area contributed by atoms with Crippen molar-refractivity contribution in [2.24, 2.45) is 5.92 Å². The van der Waals surface area contributed by atoms with Crippen LogP contribution in [0.25, 0.3) is 0 Å². The Kier molecular flexibility index (Phi) is 5.71. The lowest BCUT2D eigenvalue weighted by Gasteiger charge is -2.05. The van der Waals surface area contributed by atoms with Gasteiger partial charge in [-0.2, -0.15) is 0 Å². The topological polar surface area (TPSA) is 26.3 Å². The molecule has 0 saturated heterocycles. The first kappa shape index (κ1) is 11.9. The monoisotopic (exact) mass is 206 g/mol. The first-order chi connectivity index (χ1) is 7.33. The summed E-state index contributed by atoms with van der Waals surface area (Å²) in [6.07, 6.45) is 2.86. The maximum atomic E-state index is 10.3. The number of aldehydes is 1. The van der Waals surface area contributed by atoms with E-state index in [2.05, 4.69) is 0 Å². The number of benzene rings is 1. The van der Waals surface area contributed by atoms with Crippen molar-refractivity contribution < 1.29 is 9.53 Å². The van der Waals surface area contributed by atoms with Gasteiger partial charge >= 0.3 is 0 Å². The molecule has 1 aromatic rings. The molecule has 82 valence electrons. The Balaban J connectivity index is 2.05. The van der Waals surface area contributed by atoms with Crippen molar-refractivity contribution >= 4 is 6.29 Å². The Morgan fingerprint density at radius 3 is 2.73 bits per heavy atom. The molecule has 1 rings (SSSR count). The van der Waals surface area contributed by atoms with Gasteiger partial charge in [-0.05, 0) is 18.4 Å². The summed E-state index contributed by atoms with van der Waals surface area (Å²) in [4.78, 5) is 10.3. The molecule has 0 fully saturated rings. The van der Waals surface area contributed by atoms with E-state index in [0.717, 1.165) is 25.7 Å². The highest BCUT2D eigenvalue weighted by molar-refractivity contribution is 5.52. The van der Waals surface area contributed by atoms with Gasteiger partial charge in [0.25, 0.3) is 0 Å². The van der Waals surface area contributed by atoms with Crippen LogP contribution in [-0.2, 0) is 16.1 Å². The molecule has 0 N–H and O–H groups in total. The van der Waals surface area contributed by atoms with E-state index in [9.17, 15) is 4.79 Å². The number of hydrogen-bond donors (Lipinski definition) is 0. The lowest BCUT2D eigenvalue weighted by Crippen LogP contribution is -2.00. The van der Waals surface area contributed by atoms with Crippen LogP contribution < -0.4 is 0 Å². The normalized spacial score (nSPS) is 12.3. The Morgan fingerprint density at radius 1 is 1.33 bits per heavy atom. The van der Waals surface area contributed by atoms with Gasteiger partial charge in [-0.1, -0.05) is 37.3 Å². The molecule has 0 radical (unpaired) electrons. The maximum absolute atomic E-state index is 10.3. The summed E-state index contributed by atoms with van der Waals surface area (Å²) in [5, 5.41) is 0. The first-order valence-corrected chi connectivity index (χ1v) is 5.40. The molecule has 0 aliphatic heterocycles. The summed E-state index contributed by atoms with van der Waals surface area (Å²) in [5.74, 6) is 0.158. The molecule has 0 saturated carbocycles. The van der Waals surface area contributed by atoms with Gasteiger partial charge in [0.2, 0.25) is 0 Å².